The standard InChI is InChI=1S/C14H27NO2/c1-13(2)6-8-14(17,9-7-13)10-15-11-4-3-5-12(11)16/h11-12,15-17H,3-10H2,1-2H3/t11-,12-/m0/s1. The Hall–Kier alpha value is -0.120. The van der Waals surface area contributed by atoms with Gasteiger partial charge in [-0.05, 0) is 50.4 Å². The van der Waals surface area contributed by atoms with E-state index in [1.807, 2.05) is 0 Å². The minimum atomic E-state index is -0.544. The third-order valence-corrected chi connectivity index (χ3v) is 4.71. The van der Waals surface area contributed by atoms with Gasteiger partial charge in [0, 0.05) is 12.6 Å². The summed E-state index contributed by atoms with van der Waals surface area (Å²) in [6.07, 6.45) is 6.80. The largest absolute Gasteiger partial charge is 0.392 e. The lowest BCUT2D eigenvalue weighted by Crippen LogP contribution is -2.49. The Kier molecular flexibility index (Phi) is 3.81. The molecule has 3 N–H and O–H groups in total. The Morgan fingerprint density at radius 1 is 1.12 bits per heavy atom. The first-order valence-corrected chi connectivity index (χ1v) is 7.04. The normalized spacial score (nSPS) is 36.0. The van der Waals surface area contributed by atoms with Crippen LogP contribution in [0.5, 0.6) is 0 Å². The van der Waals surface area contributed by atoms with E-state index in [0.29, 0.717) is 12.0 Å². The van der Waals surface area contributed by atoms with Gasteiger partial charge in [0.25, 0.3) is 0 Å². The average molecular weight is 241 g/mol. The molecule has 0 aromatic rings. The molecule has 2 aliphatic carbocycles. The molecule has 17 heavy (non-hydrogen) atoms. The van der Waals surface area contributed by atoms with E-state index in [1.54, 1.807) is 0 Å². The third kappa shape index (κ3) is 3.43. The van der Waals surface area contributed by atoms with E-state index in [9.17, 15) is 10.2 Å². The van der Waals surface area contributed by atoms with Crippen LogP contribution in [-0.2, 0) is 0 Å². The maximum Gasteiger partial charge on any atom is 0.0772 e. The first kappa shape index (κ1) is 13.3. The van der Waals surface area contributed by atoms with Crippen LogP contribution >= 0.6 is 0 Å². The van der Waals surface area contributed by atoms with Crippen LogP contribution in [0.2, 0.25) is 0 Å². The average Bonchev–Trinajstić information content (AvgIpc) is 2.67. The van der Waals surface area contributed by atoms with Gasteiger partial charge < -0.3 is 15.5 Å². The van der Waals surface area contributed by atoms with Gasteiger partial charge in [0.05, 0.1) is 11.7 Å². The molecule has 0 bridgehead atoms. The molecule has 0 aliphatic heterocycles. The molecule has 2 fully saturated rings. The zero-order valence-corrected chi connectivity index (χ0v) is 11.2. The molecule has 3 nitrogen and oxygen atoms in total. The molecule has 100 valence electrons. The van der Waals surface area contributed by atoms with E-state index in [1.165, 1.54) is 0 Å². The zero-order chi connectivity index (χ0) is 12.5. The Morgan fingerprint density at radius 2 is 1.76 bits per heavy atom. The van der Waals surface area contributed by atoms with Crippen molar-refractivity contribution in [3.8, 4) is 0 Å². The lowest BCUT2D eigenvalue weighted by Gasteiger charge is -2.41. The topological polar surface area (TPSA) is 52.5 Å². The van der Waals surface area contributed by atoms with Crippen LogP contribution in [0.3, 0.4) is 0 Å². The van der Waals surface area contributed by atoms with E-state index >= 15 is 0 Å². The van der Waals surface area contributed by atoms with Gasteiger partial charge in [0.1, 0.15) is 0 Å². The van der Waals surface area contributed by atoms with Crippen LogP contribution in [0.4, 0.5) is 0 Å². The first-order valence-electron chi connectivity index (χ1n) is 7.04. The van der Waals surface area contributed by atoms with E-state index < -0.39 is 5.60 Å². The van der Waals surface area contributed by atoms with Crippen molar-refractivity contribution >= 4 is 0 Å². The molecule has 0 spiro atoms. The molecule has 0 aromatic heterocycles. The Morgan fingerprint density at radius 3 is 2.29 bits per heavy atom. The Balaban J connectivity index is 1.78. The second-order valence-electron chi connectivity index (χ2n) is 6.87. The summed E-state index contributed by atoms with van der Waals surface area (Å²) < 4.78 is 0. The fraction of sp³-hybridized carbons (Fsp3) is 1.00. The Bertz CT molecular complexity index is 255. The number of hydrogen-bond donors (Lipinski definition) is 3. The molecule has 3 heteroatoms. The summed E-state index contributed by atoms with van der Waals surface area (Å²) in [7, 11) is 0. The van der Waals surface area contributed by atoms with Crippen molar-refractivity contribution < 1.29 is 10.2 Å². The maximum atomic E-state index is 10.5. The van der Waals surface area contributed by atoms with Gasteiger partial charge in [0.2, 0.25) is 0 Å². The van der Waals surface area contributed by atoms with Crippen molar-refractivity contribution in [2.45, 2.75) is 76.5 Å². The second kappa shape index (κ2) is 4.87. The van der Waals surface area contributed by atoms with E-state index in [4.69, 9.17) is 0 Å². The minimum absolute atomic E-state index is 0.203. The Labute approximate surface area is 105 Å². The van der Waals surface area contributed by atoms with Gasteiger partial charge in [-0.3, -0.25) is 0 Å². The number of rotatable bonds is 3. The predicted octanol–water partition coefficient (Wildman–Crippen LogP) is 1.82. The number of aliphatic hydroxyl groups excluding tert-OH is 1. The number of aliphatic hydroxyl groups is 2. The van der Waals surface area contributed by atoms with Gasteiger partial charge in [-0.1, -0.05) is 13.8 Å². The highest BCUT2D eigenvalue weighted by atomic mass is 16.3. The SMILES string of the molecule is CC1(C)CCC(O)(CN[C@H]2CCC[C@@H]2O)CC1. The zero-order valence-electron chi connectivity index (χ0n) is 11.2. The third-order valence-electron chi connectivity index (χ3n) is 4.71. The van der Waals surface area contributed by atoms with Crippen LogP contribution in [0.1, 0.15) is 58.8 Å². The molecule has 0 aromatic carbocycles. The second-order valence-corrected chi connectivity index (χ2v) is 6.87. The van der Waals surface area contributed by atoms with Crippen LogP contribution < -0.4 is 5.32 Å². The summed E-state index contributed by atoms with van der Waals surface area (Å²) in [6, 6.07) is 0.203. The van der Waals surface area contributed by atoms with Crippen molar-refractivity contribution in [1.29, 1.82) is 0 Å². The lowest BCUT2D eigenvalue weighted by atomic mass is 9.71. The predicted molar refractivity (Wildman–Crippen MR) is 68.8 cm³/mol. The number of hydrogen-bond acceptors (Lipinski definition) is 3. The highest BCUT2D eigenvalue weighted by molar-refractivity contribution is 4.93. The summed E-state index contributed by atoms with van der Waals surface area (Å²) in [6.45, 7) is 5.20. The van der Waals surface area contributed by atoms with Crippen molar-refractivity contribution in [3.05, 3.63) is 0 Å². The van der Waals surface area contributed by atoms with E-state index in [-0.39, 0.29) is 12.1 Å². The summed E-state index contributed by atoms with van der Waals surface area (Å²) in [4.78, 5) is 0. The first-order chi connectivity index (χ1) is 7.90. The van der Waals surface area contributed by atoms with Crippen molar-refractivity contribution in [2.75, 3.05) is 6.54 Å². The molecule has 2 atom stereocenters. The fourth-order valence-corrected chi connectivity index (χ4v) is 3.07. The van der Waals surface area contributed by atoms with Crippen LogP contribution in [0.15, 0.2) is 0 Å². The fourth-order valence-electron chi connectivity index (χ4n) is 3.07. The summed E-state index contributed by atoms with van der Waals surface area (Å²) in [5.74, 6) is 0. The monoisotopic (exact) mass is 241 g/mol. The molecule has 2 rings (SSSR count). The molecule has 0 amide bonds. The van der Waals surface area contributed by atoms with Gasteiger partial charge in [0.15, 0.2) is 0 Å². The van der Waals surface area contributed by atoms with Gasteiger partial charge >= 0.3 is 0 Å². The van der Waals surface area contributed by atoms with Crippen molar-refractivity contribution in [3.63, 3.8) is 0 Å². The van der Waals surface area contributed by atoms with Crippen LogP contribution in [0.25, 0.3) is 0 Å². The quantitative estimate of drug-likeness (QED) is 0.706. The molecule has 0 saturated heterocycles. The van der Waals surface area contributed by atoms with Crippen LogP contribution in [0, 0.1) is 5.41 Å². The van der Waals surface area contributed by atoms with Crippen LogP contribution in [-0.4, -0.2) is 34.5 Å². The molecular weight excluding hydrogens is 214 g/mol. The van der Waals surface area contributed by atoms with Gasteiger partial charge in [-0.2, -0.15) is 0 Å². The number of nitrogens with one attached hydrogen (secondary N) is 1. The molecule has 0 unspecified atom stereocenters. The summed E-state index contributed by atoms with van der Waals surface area (Å²) >= 11 is 0. The minimum Gasteiger partial charge on any atom is -0.392 e. The lowest BCUT2D eigenvalue weighted by molar-refractivity contribution is -0.0284. The van der Waals surface area contributed by atoms with Gasteiger partial charge in [-0.25, -0.2) is 0 Å². The summed E-state index contributed by atoms with van der Waals surface area (Å²) in [5, 5.41) is 23.6. The molecule has 0 heterocycles. The molecular formula is C14H27NO2. The summed E-state index contributed by atoms with van der Waals surface area (Å²) in [5.41, 5.74) is -0.156. The maximum absolute atomic E-state index is 10.5. The highest BCUT2D eigenvalue weighted by Crippen LogP contribution is 2.40. The van der Waals surface area contributed by atoms with Gasteiger partial charge in [-0.15, -0.1) is 0 Å². The smallest absolute Gasteiger partial charge is 0.0772 e. The molecule has 2 saturated carbocycles. The van der Waals surface area contributed by atoms with Crippen molar-refractivity contribution in [2.24, 2.45) is 5.41 Å². The van der Waals surface area contributed by atoms with Crippen molar-refractivity contribution in [1.82, 2.24) is 5.32 Å². The van der Waals surface area contributed by atoms with E-state index in [2.05, 4.69) is 19.2 Å². The molecule has 0 radical (unpaired) electrons. The molecule has 2 aliphatic rings. The van der Waals surface area contributed by atoms with E-state index in [0.717, 1.165) is 44.9 Å². The highest BCUT2D eigenvalue weighted by Gasteiger charge is 2.37.